The molecular formula is C16H14N2O6S. The first-order valence-electron chi connectivity index (χ1n) is 7.34. The summed E-state index contributed by atoms with van der Waals surface area (Å²) in [5.41, 5.74) is 0.322. The highest BCUT2D eigenvalue weighted by atomic mass is 32.2. The quantitative estimate of drug-likeness (QED) is 0.675. The van der Waals surface area contributed by atoms with Crippen LogP contribution in [0.4, 0.5) is 0 Å². The molecule has 25 heavy (non-hydrogen) atoms. The number of nitrogens with zero attached hydrogens (tertiary/aromatic N) is 1. The molecule has 3 N–H and O–H groups in total. The summed E-state index contributed by atoms with van der Waals surface area (Å²) in [7, 11) is 0. The maximum absolute atomic E-state index is 12.4. The lowest BCUT2D eigenvalue weighted by Crippen LogP contribution is -2.70. The summed E-state index contributed by atoms with van der Waals surface area (Å²) < 4.78 is 0. The monoisotopic (exact) mass is 362 g/mol. The number of hydrogen-bond acceptors (Lipinski definition) is 5. The van der Waals surface area contributed by atoms with Crippen LogP contribution in [0.15, 0.2) is 35.5 Å². The van der Waals surface area contributed by atoms with Gasteiger partial charge >= 0.3 is 11.9 Å². The minimum absolute atomic E-state index is 0.0489. The minimum atomic E-state index is -1.24. The lowest BCUT2D eigenvalue weighted by molar-refractivity contribution is -0.148. The number of carboxylic acid groups (broad SMARTS) is 2. The van der Waals surface area contributed by atoms with Gasteiger partial charge in [0, 0.05) is 5.75 Å². The molecule has 2 amide bonds. The lowest BCUT2D eigenvalue weighted by Gasteiger charge is -2.49. The predicted octanol–water partition coefficient (Wildman–Crippen LogP) is 0.757. The molecule has 2 heterocycles. The van der Waals surface area contributed by atoms with E-state index in [0.717, 1.165) is 0 Å². The van der Waals surface area contributed by atoms with Gasteiger partial charge in [0.2, 0.25) is 0 Å². The van der Waals surface area contributed by atoms with Gasteiger partial charge in [0.1, 0.15) is 17.1 Å². The third kappa shape index (κ3) is 2.76. The molecule has 0 aromatic heterocycles. The second-order valence-corrected chi connectivity index (χ2v) is 6.75. The average molecular weight is 362 g/mol. The SMILES string of the molecule is CC1=C(C(=O)O)N2C(=O)C(NC(=O)c3ccccc3C(=O)O)[C@H]2SC1. The Hall–Kier alpha value is -2.81. The molecular weight excluding hydrogens is 348 g/mol. The zero-order chi connectivity index (χ0) is 18.3. The van der Waals surface area contributed by atoms with E-state index in [1.165, 1.54) is 40.9 Å². The Morgan fingerprint density at radius 1 is 1.16 bits per heavy atom. The molecule has 2 aliphatic heterocycles. The van der Waals surface area contributed by atoms with Gasteiger partial charge in [0.05, 0.1) is 11.1 Å². The Morgan fingerprint density at radius 3 is 2.40 bits per heavy atom. The molecule has 1 aromatic rings. The van der Waals surface area contributed by atoms with Gasteiger partial charge in [0.15, 0.2) is 0 Å². The predicted molar refractivity (Wildman–Crippen MR) is 88.1 cm³/mol. The van der Waals surface area contributed by atoms with Crippen LogP contribution in [0.25, 0.3) is 0 Å². The molecule has 3 rings (SSSR count). The molecule has 2 aliphatic rings. The van der Waals surface area contributed by atoms with Crippen molar-refractivity contribution in [3.8, 4) is 0 Å². The second-order valence-electron chi connectivity index (χ2n) is 5.65. The van der Waals surface area contributed by atoms with Gasteiger partial charge in [-0.2, -0.15) is 0 Å². The molecule has 1 unspecified atom stereocenters. The number of aliphatic carboxylic acids is 1. The lowest BCUT2D eigenvalue weighted by atomic mass is 10.0. The van der Waals surface area contributed by atoms with Crippen LogP contribution in [0, 0.1) is 0 Å². The van der Waals surface area contributed by atoms with E-state index in [2.05, 4.69) is 5.32 Å². The van der Waals surface area contributed by atoms with Crippen molar-refractivity contribution in [1.29, 1.82) is 0 Å². The van der Waals surface area contributed by atoms with Crippen molar-refractivity contribution < 1.29 is 29.4 Å². The van der Waals surface area contributed by atoms with Gasteiger partial charge < -0.3 is 15.5 Å². The Kier molecular flexibility index (Phi) is 4.25. The number of nitrogens with one attached hydrogen (secondary N) is 1. The number of rotatable bonds is 4. The molecule has 1 aromatic carbocycles. The number of carbonyl (C=O) groups is 4. The average Bonchev–Trinajstić information content (AvgIpc) is 2.58. The fourth-order valence-corrected chi connectivity index (χ4v) is 4.15. The van der Waals surface area contributed by atoms with Gasteiger partial charge in [-0.05, 0) is 24.6 Å². The Morgan fingerprint density at radius 2 is 1.80 bits per heavy atom. The summed E-state index contributed by atoms with van der Waals surface area (Å²) >= 11 is 1.35. The highest BCUT2D eigenvalue weighted by Crippen LogP contribution is 2.40. The number of benzene rings is 1. The summed E-state index contributed by atoms with van der Waals surface area (Å²) in [6.07, 6.45) is 0. The molecule has 1 saturated heterocycles. The number of carboxylic acids is 2. The smallest absolute Gasteiger partial charge is 0.352 e. The number of fused-ring (bicyclic) bond motifs is 1. The molecule has 0 bridgehead atoms. The van der Waals surface area contributed by atoms with Crippen LogP contribution >= 0.6 is 11.8 Å². The maximum Gasteiger partial charge on any atom is 0.352 e. The Labute approximate surface area is 146 Å². The summed E-state index contributed by atoms with van der Waals surface area (Å²) in [4.78, 5) is 48.5. The van der Waals surface area contributed by atoms with E-state index < -0.39 is 35.2 Å². The minimum Gasteiger partial charge on any atom is -0.478 e. The first-order chi connectivity index (χ1) is 11.8. The van der Waals surface area contributed by atoms with Crippen molar-refractivity contribution in [3.05, 3.63) is 46.7 Å². The first-order valence-corrected chi connectivity index (χ1v) is 8.38. The second kappa shape index (κ2) is 6.25. The summed E-state index contributed by atoms with van der Waals surface area (Å²) in [6.45, 7) is 1.65. The standard InChI is InChI=1S/C16H14N2O6S/c1-7-6-25-14-10(13(20)18(14)11(7)16(23)24)17-12(19)8-4-2-3-5-9(8)15(21)22/h2-5,10,14H,6H2,1H3,(H,17,19)(H,21,22)(H,23,24)/t10?,14-/m1/s1. The number of β-lactam (4-membered cyclic amide) rings is 1. The van der Waals surface area contributed by atoms with Crippen molar-refractivity contribution >= 4 is 35.5 Å². The topological polar surface area (TPSA) is 124 Å². The number of carbonyl (C=O) groups excluding carboxylic acids is 2. The third-order valence-corrected chi connectivity index (χ3v) is 5.47. The third-order valence-electron chi connectivity index (χ3n) is 4.05. The summed E-state index contributed by atoms with van der Waals surface area (Å²) in [5, 5.41) is 20.4. The number of amides is 2. The number of hydrogen-bond donors (Lipinski definition) is 3. The van der Waals surface area contributed by atoms with E-state index >= 15 is 0 Å². The number of aromatic carboxylic acids is 1. The van der Waals surface area contributed by atoms with Crippen LogP contribution in [0.5, 0.6) is 0 Å². The molecule has 9 heteroatoms. The molecule has 2 atom stereocenters. The Balaban J connectivity index is 1.81. The van der Waals surface area contributed by atoms with Crippen LogP contribution in [0.3, 0.4) is 0 Å². The van der Waals surface area contributed by atoms with Gasteiger partial charge in [-0.1, -0.05) is 12.1 Å². The molecule has 8 nitrogen and oxygen atoms in total. The van der Waals surface area contributed by atoms with E-state index in [1.807, 2.05) is 0 Å². The fraction of sp³-hybridized carbons (Fsp3) is 0.250. The van der Waals surface area contributed by atoms with Crippen molar-refractivity contribution in [3.63, 3.8) is 0 Å². The maximum atomic E-state index is 12.4. The first kappa shape index (κ1) is 17.0. The van der Waals surface area contributed by atoms with E-state index in [9.17, 15) is 24.3 Å². The van der Waals surface area contributed by atoms with Crippen LogP contribution in [-0.2, 0) is 9.59 Å². The molecule has 0 aliphatic carbocycles. The van der Waals surface area contributed by atoms with E-state index in [-0.39, 0.29) is 16.8 Å². The van der Waals surface area contributed by atoms with Crippen molar-refractivity contribution in [2.75, 3.05) is 5.75 Å². The van der Waals surface area contributed by atoms with E-state index in [1.54, 1.807) is 6.92 Å². The van der Waals surface area contributed by atoms with Crippen molar-refractivity contribution in [2.24, 2.45) is 0 Å². The molecule has 130 valence electrons. The van der Waals surface area contributed by atoms with E-state index in [4.69, 9.17) is 5.11 Å². The van der Waals surface area contributed by atoms with Gasteiger partial charge in [-0.25, -0.2) is 9.59 Å². The highest BCUT2D eigenvalue weighted by Gasteiger charge is 2.53. The number of thioether (sulfide) groups is 1. The molecule has 0 saturated carbocycles. The highest BCUT2D eigenvalue weighted by molar-refractivity contribution is 8.00. The van der Waals surface area contributed by atoms with Gasteiger partial charge in [-0.15, -0.1) is 11.8 Å². The normalized spacial score (nSPS) is 22.1. The summed E-state index contributed by atoms with van der Waals surface area (Å²) in [5.74, 6) is -3.19. The van der Waals surface area contributed by atoms with Crippen LogP contribution in [0.1, 0.15) is 27.6 Å². The molecule has 0 spiro atoms. The van der Waals surface area contributed by atoms with Gasteiger partial charge in [0.25, 0.3) is 11.8 Å². The van der Waals surface area contributed by atoms with E-state index in [0.29, 0.717) is 11.3 Å². The summed E-state index contributed by atoms with van der Waals surface area (Å²) in [6, 6.07) is 4.80. The van der Waals surface area contributed by atoms with Crippen molar-refractivity contribution in [2.45, 2.75) is 18.3 Å². The fourth-order valence-electron chi connectivity index (χ4n) is 2.86. The Bertz CT molecular complexity index is 834. The largest absolute Gasteiger partial charge is 0.478 e. The zero-order valence-electron chi connectivity index (χ0n) is 13.1. The van der Waals surface area contributed by atoms with Gasteiger partial charge in [-0.3, -0.25) is 14.5 Å². The van der Waals surface area contributed by atoms with Crippen molar-refractivity contribution in [1.82, 2.24) is 10.2 Å². The van der Waals surface area contributed by atoms with Crippen LogP contribution in [-0.4, -0.2) is 56.0 Å². The zero-order valence-corrected chi connectivity index (χ0v) is 13.9. The van der Waals surface area contributed by atoms with Crippen LogP contribution < -0.4 is 5.32 Å². The molecule has 0 radical (unpaired) electrons. The molecule has 1 fully saturated rings. The van der Waals surface area contributed by atoms with Crippen LogP contribution in [0.2, 0.25) is 0 Å².